The van der Waals surface area contributed by atoms with Gasteiger partial charge in [-0.05, 0) is 35.7 Å². The Labute approximate surface area is 159 Å². The van der Waals surface area contributed by atoms with Crippen molar-refractivity contribution in [2.75, 3.05) is 38.6 Å². The van der Waals surface area contributed by atoms with Crippen LogP contribution in [0.5, 0.6) is 0 Å². The third-order valence-electron chi connectivity index (χ3n) is 4.91. The number of hydrogen-bond donors (Lipinski definition) is 2. The average molecular weight is 371 g/mol. The molecular weight excluding hydrogens is 345 g/mol. The summed E-state index contributed by atoms with van der Waals surface area (Å²) < 4.78 is 18.7. The molecule has 1 unspecified atom stereocenters. The number of nitrogens with one attached hydrogen (secondary N) is 1. The van der Waals surface area contributed by atoms with Crippen molar-refractivity contribution in [2.45, 2.75) is 18.9 Å². The number of halogens is 1. The van der Waals surface area contributed by atoms with Crippen LogP contribution in [0.4, 0.5) is 10.1 Å². The maximum atomic E-state index is 13.3. The average Bonchev–Trinajstić information content (AvgIpc) is 2.69. The molecular formula is C21H26FN3O2. The van der Waals surface area contributed by atoms with Gasteiger partial charge in [-0.25, -0.2) is 4.39 Å². The maximum absolute atomic E-state index is 13.3. The van der Waals surface area contributed by atoms with Gasteiger partial charge in [0, 0.05) is 31.7 Å². The molecule has 2 aromatic rings. The maximum Gasteiger partial charge on any atom is 0.220 e. The number of morpholine rings is 1. The van der Waals surface area contributed by atoms with Crippen molar-refractivity contribution in [1.29, 1.82) is 0 Å². The number of anilines is 1. The van der Waals surface area contributed by atoms with E-state index in [-0.39, 0.29) is 17.8 Å². The van der Waals surface area contributed by atoms with Crippen LogP contribution in [0.2, 0.25) is 0 Å². The monoisotopic (exact) mass is 371 g/mol. The Morgan fingerprint density at radius 3 is 2.56 bits per heavy atom. The molecule has 0 saturated carbocycles. The smallest absolute Gasteiger partial charge is 0.220 e. The molecule has 144 valence electrons. The van der Waals surface area contributed by atoms with E-state index in [1.165, 1.54) is 12.1 Å². The standard InChI is InChI=1S/C21H26FN3O2/c22-18-8-5-17(6-9-18)20(25-11-13-27-14-12-25)15-24-21(26)10-7-16-3-1-2-4-19(16)23/h1-6,8-9,20H,7,10-15,23H2,(H,24,26). The van der Waals surface area contributed by atoms with Gasteiger partial charge in [0.2, 0.25) is 5.91 Å². The lowest BCUT2D eigenvalue weighted by atomic mass is 10.0. The summed E-state index contributed by atoms with van der Waals surface area (Å²) in [4.78, 5) is 14.6. The molecule has 1 amide bonds. The number of rotatable bonds is 7. The molecule has 0 radical (unpaired) electrons. The summed E-state index contributed by atoms with van der Waals surface area (Å²) in [6, 6.07) is 14.1. The zero-order chi connectivity index (χ0) is 19.1. The SMILES string of the molecule is Nc1ccccc1CCC(=O)NCC(c1ccc(F)cc1)N1CCOCC1. The predicted molar refractivity (Wildman–Crippen MR) is 104 cm³/mol. The normalized spacial score (nSPS) is 16.0. The molecule has 1 aliphatic rings. The first kappa shape index (κ1) is 19.3. The highest BCUT2D eigenvalue weighted by atomic mass is 19.1. The first-order valence-electron chi connectivity index (χ1n) is 9.31. The lowest BCUT2D eigenvalue weighted by Crippen LogP contribution is -2.43. The number of aryl methyl sites for hydroxylation is 1. The fraction of sp³-hybridized carbons (Fsp3) is 0.381. The third kappa shape index (κ3) is 5.52. The largest absolute Gasteiger partial charge is 0.399 e. The second-order valence-corrected chi connectivity index (χ2v) is 6.72. The van der Waals surface area contributed by atoms with Gasteiger partial charge in [0.05, 0.1) is 19.3 Å². The molecule has 1 fully saturated rings. The van der Waals surface area contributed by atoms with Crippen molar-refractivity contribution in [3.05, 3.63) is 65.5 Å². The van der Waals surface area contributed by atoms with E-state index < -0.39 is 0 Å². The van der Waals surface area contributed by atoms with Crippen molar-refractivity contribution >= 4 is 11.6 Å². The molecule has 0 aliphatic carbocycles. The van der Waals surface area contributed by atoms with Crippen LogP contribution in [0.3, 0.4) is 0 Å². The Balaban J connectivity index is 1.59. The van der Waals surface area contributed by atoms with Crippen LogP contribution in [-0.4, -0.2) is 43.7 Å². The van der Waals surface area contributed by atoms with Crippen molar-refractivity contribution in [1.82, 2.24) is 10.2 Å². The number of hydrogen-bond acceptors (Lipinski definition) is 4. The molecule has 1 atom stereocenters. The summed E-state index contributed by atoms with van der Waals surface area (Å²) in [5.74, 6) is -0.275. The summed E-state index contributed by atoms with van der Waals surface area (Å²) >= 11 is 0. The molecule has 1 aliphatic heterocycles. The Kier molecular flexibility index (Phi) is 6.79. The van der Waals surface area contributed by atoms with Crippen molar-refractivity contribution in [3.8, 4) is 0 Å². The Bertz CT molecular complexity index is 745. The second-order valence-electron chi connectivity index (χ2n) is 6.72. The van der Waals surface area contributed by atoms with Gasteiger partial charge in [-0.3, -0.25) is 9.69 Å². The highest BCUT2D eigenvalue weighted by Crippen LogP contribution is 2.22. The Morgan fingerprint density at radius 1 is 1.15 bits per heavy atom. The van der Waals surface area contributed by atoms with Crippen LogP contribution < -0.4 is 11.1 Å². The second kappa shape index (κ2) is 9.48. The van der Waals surface area contributed by atoms with Crippen LogP contribution in [0.25, 0.3) is 0 Å². The van der Waals surface area contributed by atoms with Gasteiger partial charge in [-0.15, -0.1) is 0 Å². The summed E-state index contributed by atoms with van der Waals surface area (Å²) in [6.07, 6.45) is 0.991. The van der Waals surface area contributed by atoms with Gasteiger partial charge in [-0.2, -0.15) is 0 Å². The van der Waals surface area contributed by atoms with Crippen molar-refractivity contribution in [2.24, 2.45) is 0 Å². The van der Waals surface area contributed by atoms with Crippen LogP contribution in [0.1, 0.15) is 23.6 Å². The van der Waals surface area contributed by atoms with E-state index in [0.717, 1.165) is 24.2 Å². The van der Waals surface area contributed by atoms with Gasteiger partial charge in [-0.1, -0.05) is 30.3 Å². The summed E-state index contributed by atoms with van der Waals surface area (Å²) in [5.41, 5.74) is 8.62. The molecule has 1 heterocycles. The minimum Gasteiger partial charge on any atom is -0.399 e. The molecule has 0 spiro atoms. The van der Waals surface area contributed by atoms with E-state index in [9.17, 15) is 9.18 Å². The molecule has 3 N–H and O–H groups in total. The summed E-state index contributed by atoms with van der Waals surface area (Å²) in [5, 5.41) is 3.03. The minimum atomic E-state index is -0.260. The van der Waals surface area contributed by atoms with E-state index in [1.807, 2.05) is 24.3 Å². The molecule has 27 heavy (non-hydrogen) atoms. The number of nitrogens with two attached hydrogens (primary N) is 1. The quantitative estimate of drug-likeness (QED) is 0.734. The van der Waals surface area contributed by atoms with Crippen LogP contribution in [0, 0.1) is 5.82 Å². The number of nitrogen functional groups attached to an aromatic ring is 1. The molecule has 6 heteroatoms. The molecule has 5 nitrogen and oxygen atoms in total. The Morgan fingerprint density at radius 2 is 1.85 bits per heavy atom. The molecule has 2 aromatic carbocycles. The minimum absolute atomic E-state index is 0.000227. The number of ether oxygens (including phenoxy) is 1. The highest BCUT2D eigenvalue weighted by Gasteiger charge is 2.23. The van der Waals surface area contributed by atoms with Gasteiger partial charge in [0.1, 0.15) is 5.82 Å². The predicted octanol–water partition coefficient (Wildman–Crippen LogP) is 2.53. The molecule has 0 aromatic heterocycles. The van der Waals surface area contributed by atoms with Gasteiger partial charge >= 0.3 is 0 Å². The Hall–Kier alpha value is -2.44. The van der Waals surface area contributed by atoms with E-state index in [4.69, 9.17) is 10.5 Å². The molecule has 3 rings (SSSR count). The lowest BCUT2D eigenvalue weighted by molar-refractivity contribution is -0.121. The first-order chi connectivity index (χ1) is 13.1. The number of carbonyl (C=O) groups excluding carboxylic acids is 1. The summed E-state index contributed by atoms with van der Waals surface area (Å²) in [6.45, 7) is 3.39. The number of amides is 1. The van der Waals surface area contributed by atoms with Gasteiger partial charge < -0.3 is 15.8 Å². The highest BCUT2D eigenvalue weighted by molar-refractivity contribution is 5.76. The number of para-hydroxylation sites is 1. The fourth-order valence-corrected chi connectivity index (χ4v) is 3.34. The first-order valence-corrected chi connectivity index (χ1v) is 9.31. The zero-order valence-electron chi connectivity index (χ0n) is 15.4. The number of carbonyl (C=O) groups is 1. The zero-order valence-corrected chi connectivity index (χ0v) is 15.4. The number of nitrogens with zero attached hydrogens (tertiary/aromatic N) is 1. The third-order valence-corrected chi connectivity index (χ3v) is 4.91. The van der Waals surface area contributed by atoms with E-state index in [1.54, 1.807) is 12.1 Å². The van der Waals surface area contributed by atoms with Crippen molar-refractivity contribution in [3.63, 3.8) is 0 Å². The molecule has 0 bridgehead atoms. The fourth-order valence-electron chi connectivity index (χ4n) is 3.34. The van der Waals surface area contributed by atoms with Crippen LogP contribution in [0.15, 0.2) is 48.5 Å². The molecule has 1 saturated heterocycles. The number of benzene rings is 2. The van der Waals surface area contributed by atoms with E-state index in [2.05, 4.69) is 10.2 Å². The van der Waals surface area contributed by atoms with Gasteiger partial charge in [0.25, 0.3) is 0 Å². The lowest BCUT2D eigenvalue weighted by Gasteiger charge is -2.35. The van der Waals surface area contributed by atoms with E-state index in [0.29, 0.717) is 38.3 Å². The van der Waals surface area contributed by atoms with Crippen LogP contribution >= 0.6 is 0 Å². The van der Waals surface area contributed by atoms with Gasteiger partial charge in [0.15, 0.2) is 0 Å². The topological polar surface area (TPSA) is 67.6 Å². The van der Waals surface area contributed by atoms with E-state index >= 15 is 0 Å². The van der Waals surface area contributed by atoms with Crippen LogP contribution in [-0.2, 0) is 16.0 Å². The van der Waals surface area contributed by atoms with Crippen molar-refractivity contribution < 1.29 is 13.9 Å². The summed E-state index contributed by atoms with van der Waals surface area (Å²) in [7, 11) is 0.